The first-order valence-electron chi connectivity index (χ1n) is 4.78. The lowest BCUT2D eigenvalue weighted by Crippen LogP contribution is -2.22. The van der Waals surface area contributed by atoms with Crippen LogP contribution in [0.2, 0.25) is 0 Å². The second-order valence-electron chi connectivity index (χ2n) is 3.09. The van der Waals surface area contributed by atoms with Gasteiger partial charge in [0.05, 0.1) is 6.61 Å². The summed E-state index contributed by atoms with van der Waals surface area (Å²) >= 11 is 21.4. The predicted octanol–water partition coefficient (Wildman–Crippen LogP) is 4.09. The molecule has 0 aromatic rings. The highest BCUT2D eigenvalue weighted by atomic mass is 35.6. The van der Waals surface area contributed by atoms with Gasteiger partial charge in [0.15, 0.2) is 0 Å². The molecule has 0 atom stereocenters. The maximum absolute atomic E-state index is 11.0. The van der Waals surface area contributed by atoms with Crippen molar-refractivity contribution in [2.75, 3.05) is 12.5 Å². The van der Waals surface area contributed by atoms with Gasteiger partial charge in [-0.3, -0.25) is 0 Å². The molecule has 0 aliphatic heterocycles. The average molecular weight is 296 g/mol. The Morgan fingerprint density at radius 1 is 1.00 bits per heavy atom. The van der Waals surface area contributed by atoms with Crippen molar-refractivity contribution in [1.29, 1.82) is 0 Å². The second-order valence-corrected chi connectivity index (χ2v) is 5.75. The molecule has 0 saturated heterocycles. The number of unbranched alkanes of at least 4 members (excludes halogenated alkanes) is 4. The Labute approximate surface area is 110 Å². The van der Waals surface area contributed by atoms with E-state index in [1.807, 2.05) is 0 Å². The third-order valence-corrected chi connectivity index (χ3v) is 2.47. The fraction of sp³-hybridized carbons (Fsp3) is 0.889. The van der Waals surface area contributed by atoms with Gasteiger partial charge in [-0.15, -0.1) is 11.6 Å². The van der Waals surface area contributed by atoms with Crippen LogP contribution in [0.25, 0.3) is 0 Å². The summed E-state index contributed by atoms with van der Waals surface area (Å²) in [6, 6.07) is 0. The van der Waals surface area contributed by atoms with E-state index in [4.69, 9.17) is 51.1 Å². The van der Waals surface area contributed by atoms with Crippen LogP contribution in [0.4, 0.5) is 0 Å². The standard InChI is InChI=1S/C9H14Cl4O2/c10-6-4-2-1-3-5-7-15-8(14)9(11,12)13/h1-7H2. The van der Waals surface area contributed by atoms with E-state index < -0.39 is 9.76 Å². The van der Waals surface area contributed by atoms with Crippen molar-refractivity contribution in [3.63, 3.8) is 0 Å². The van der Waals surface area contributed by atoms with E-state index in [-0.39, 0.29) is 0 Å². The molecule has 0 fully saturated rings. The SMILES string of the molecule is O=C(OCCCCCCCCl)C(Cl)(Cl)Cl. The summed E-state index contributed by atoms with van der Waals surface area (Å²) in [5.74, 6) is -0.115. The number of esters is 1. The lowest BCUT2D eigenvalue weighted by molar-refractivity contribution is -0.142. The summed E-state index contributed by atoms with van der Waals surface area (Å²) in [6.07, 6.45) is 4.98. The number of ether oxygens (including phenoxy) is 1. The first-order chi connectivity index (χ1) is 6.98. The maximum Gasteiger partial charge on any atom is 0.358 e. The molecular formula is C9H14Cl4O2. The number of halogens is 4. The van der Waals surface area contributed by atoms with Crippen molar-refractivity contribution < 1.29 is 9.53 Å². The molecule has 0 rings (SSSR count). The molecule has 2 nitrogen and oxygen atoms in total. The summed E-state index contributed by atoms with van der Waals surface area (Å²) in [5.41, 5.74) is 0. The molecule has 0 radical (unpaired) electrons. The van der Waals surface area contributed by atoms with E-state index in [2.05, 4.69) is 0 Å². The van der Waals surface area contributed by atoms with Crippen LogP contribution < -0.4 is 0 Å². The smallest absolute Gasteiger partial charge is 0.358 e. The van der Waals surface area contributed by atoms with E-state index in [1.165, 1.54) is 0 Å². The predicted molar refractivity (Wildman–Crippen MR) is 65.1 cm³/mol. The molecule has 0 aromatic heterocycles. The fourth-order valence-corrected chi connectivity index (χ4v) is 1.33. The van der Waals surface area contributed by atoms with E-state index in [0.29, 0.717) is 12.5 Å². The zero-order valence-electron chi connectivity index (χ0n) is 8.28. The van der Waals surface area contributed by atoms with Crippen LogP contribution in [0.15, 0.2) is 0 Å². The molecule has 0 aliphatic rings. The number of carbonyl (C=O) groups is 1. The van der Waals surface area contributed by atoms with Crippen molar-refractivity contribution in [1.82, 2.24) is 0 Å². The van der Waals surface area contributed by atoms with Gasteiger partial charge in [0.1, 0.15) is 0 Å². The quantitative estimate of drug-likeness (QED) is 0.402. The Bertz CT molecular complexity index is 179. The normalized spacial score (nSPS) is 11.5. The van der Waals surface area contributed by atoms with Crippen LogP contribution in [-0.4, -0.2) is 22.2 Å². The van der Waals surface area contributed by atoms with Crippen molar-refractivity contribution in [3.8, 4) is 0 Å². The number of carbonyl (C=O) groups excluding carboxylic acids is 1. The molecule has 0 saturated carbocycles. The number of alkyl halides is 4. The second kappa shape index (κ2) is 8.74. The Kier molecular flexibility index (Phi) is 9.11. The zero-order valence-corrected chi connectivity index (χ0v) is 11.3. The molecule has 0 aliphatic carbocycles. The van der Waals surface area contributed by atoms with Crippen molar-refractivity contribution >= 4 is 52.4 Å². The number of hydrogen-bond donors (Lipinski definition) is 0. The number of rotatable bonds is 7. The van der Waals surface area contributed by atoms with E-state index >= 15 is 0 Å². The van der Waals surface area contributed by atoms with Gasteiger partial charge in [-0.25, -0.2) is 4.79 Å². The average Bonchev–Trinajstić information content (AvgIpc) is 2.14. The molecular weight excluding hydrogens is 282 g/mol. The Morgan fingerprint density at radius 3 is 2.07 bits per heavy atom. The van der Waals surface area contributed by atoms with Gasteiger partial charge >= 0.3 is 5.97 Å². The van der Waals surface area contributed by atoms with Gasteiger partial charge in [0.2, 0.25) is 0 Å². The van der Waals surface area contributed by atoms with Crippen molar-refractivity contribution in [2.45, 2.75) is 35.9 Å². The van der Waals surface area contributed by atoms with Gasteiger partial charge in [0, 0.05) is 5.88 Å². The Hall–Kier alpha value is 0.630. The molecule has 0 aromatic carbocycles. The first kappa shape index (κ1) is 15.6. The first-order valence-corrected chi connectivity index (χ1v) is 6.45. The van der Waals surface area contributed by atoms with Gasteiger partial charge in [0.25, 0.3) is 3.79 Å². The molecule has 0 heterocycles. The minimum absolute atomic E-state index is 0.299. The van der Waals surface area contributed by atoms with Crippen LogP contribution >= 0.6 is 46.4 Å². The largest absolute Gasteiger partial charge is 0.463 e. The zero-order chi connectivity index (χ0) is 11.7. The van der Waals surface area contributed by atoms with Crippen LogP contribution in [0.5, 0.6) is 0 Å². The number of hydrogen-bond acceptors (Lipinski definition) is 2. The molecule has 0 spiro atoms. The molecule has 90 valence electrons. The third kappa shape index (κ3) is 9.55. The van der Waals surface area contributed by atoms with Gasteiger partial charge in [-0.05, 0) is 12.8 Å². The molecule has 0 N–H and O–H groups in total. The van der Waals surface area contributed by atoms with E-state index in [1.54, 1.807) is 0 Å². The summed E-state index contributed by atoms with van der Waals surface area (Å²) in [6.45, 7) is 0.299. The highest BCUT2D eigenvalue weighted by molar-refractivity contribution is 6.75. The topological polar surface area (TPSA) is 26.3 Å². The summed E-state index contributed by atoms with van der Waals surface area (Å²) in [5, 5.41) is 0. The van der Waals surface area contributed by atoms with Gasteiger partial charge in [-0.1, -0.05) is 54.1 Å². The van der Waals surface area contributed by atoms with E-state index in [9.17, 15) is 4.79 Å². The highest BCUT2D eigenvalue weighted by Gasteiger charge is 2.32. The van der Waals surface area contributed by atoms with Crippen LogP contribution in [-0.2, 0) is 9.53 Å². The fourth-order valence-electron chi connectivity index (χ4n) is 0.974. The van der Waals surface area contributed by atoms with Crippen LogP contribution in [0, 0.1) is 0 Å². The monoisotopic (exact) mass is 294 g/mol. The van der Waals surface area contributed by atoms with Gasteiger partial charge in [-0.2, -0.15) is 0 Å². The molecule has 0 amide bonds. The summed E-state index contributed by atoms with van der Waals surface area (Å²) in [7, 11) is 0. The van der Waals surface area contributed by atoms with E-state index in [0.717, 1.165) is 32.1 Å². The molecule has 15 heavy (non-hydrogen) atoms. The summed E-state index contributed by atoms with van der Waals surface area (Å²) in [4.78, 5) is 11.0. The summed E-state index contributed by atoms with van der Waals surface area (Å²) < 4.78 is 2.79. The molecule has 0 unspecified atom stereocenters. The highest BCUT2D eigenvalue weighted by Crippen LogP contribution is 2.27. The lowest BCUT2D eigenvalue weighted by Gasteiger charge is -2.10. The minimum atomic E-state index is -1.96. The maximum atomic E-state index is 11.0. The lowest BCUT2D eigenvalue weighted by atomic mass is 10.2. The third-order valence-electron chi connectivity index (χ3n) is 1.74. The van der Waals surface area contributed by atoms with Crippen LogP contribution in [0.1, 0.15) is 32.1 Å². The Morgan fingerprint density at radius 2 is 1.53 bits per heavy atom. The van der Waals surface area contributed by atoms with Crippen molar-refractivity contribution in [3.05, 3.63) is 0 Å². The van der Waals surface area contributed by atoms with Crippen molar-refractivity contribution in [2.24, 2.45) is 0 Å². The Balaban J connectivity index is 3.28. The minimum Gasteiger partial charge on any atom is -0.463 e. The van der Waals surface area contributed by atoms with Gasteiger partial charge < -0.3 is 4.74 Å². The molecule has 0 bridgehead atoms. The molecule has 6 heteroatoms. The van der Waals surface area contributed by atoms with Crippen LogP contribution in [0.3, 0.4) is 0 Å².